The molecule has 2 aliphatic carbocycles. The van der Waals surface area contributed by atoms with E-state index in [0.29, 0.717) is 17.5 Å². The van der Waals surface area contributed by atoms with Gasteiger partial charge in [0.2, 0.25) is 5.91 Å². The molecule has 144 valence electrons. The standard InChI is InChI=1S/C22H29N3O2/c26-21(16-24-22(27)20-14-8-7-9-17(20)15-23-24)25(18-10-3-1-4-11-18)19-12-5-2-6-13-19/h7-9,14-15,18-19H,1-6,10-13,16H2. The van der Waals surface area contributed by atoms with E-state index in [1.807, 2.05) is 18.2 Å². The van der Waals surface area contributed by atoms with Crippen LogP contribution in [0.25, 0.3) is 10.8 Å². The number of carbonyl (C=O) groups excluding carboxylic acids is 1. The Bertz CT molecular complexity index is 830. The summed E-state index contributed by atoms with van der Waals surface area (Å²) in [6.07, 6.45) is 13.4. The van der Waals surface area contributed by atoms with Gasteiger partial charge in [-0.25, -0.2) is 4.68 Å². The fourth-order valence-electron chi connectivity index (χ4n) is 4.87. The molecule has 2 aromatic rings. The van der Waals surface area contributed by atoms with Crippen molar-refractivity contribution < 1.29 is 4.79 Å². The predicted octanol–water partition coefficient (Wildman–Crippen LogP) is 3.89. The molecular weight excluding hydrogens is 338 g/mol. The van der Waals surface area contributed by atoms with Gasteiger partial charge in [-0.15, -0.1) is 0 Å². The van der Waals surface area contributed by atoms with Crippen LogP contribution in [0.2, 0.25) is 0 Å². The molecule has 2 fully saturated rings. The van der Waals surface area contributed by atoms with Gasteiger partial charge in [-0.3, -0.25) is 9.59 Å². The van der Waals surface area contributed by atoms with Gasteiger partial charge in [-0.05, 0) is 31.7 Å². The van der Waals surface area contributed by atoms with Crippen LogP contribution in [0.15, 0.2) is 35.3 Å². The van der Waals surface area contributed by atoms with E-state index in [0.717, 1.165) is 31.1 Å². The van der Waals surface area contributed by atoms with Gasteiger partial charge in [0.1, 0.15) is 6.54 Å². The molecule has 1 amide bonds. The number of carbonyl (C=O) groups is 1. The van der Waals surface area contributed by atoms with E-state index in [1.165, 1.54) is 43.2 Å². The molecule has 4 rings (SSSR count). The zero-order valence-electron chi connectivity index (χ0n) is 16.0. The minimum atomic E-state index is -0.173. The van der Waals surface area contributed by atoms with Crippen LogP contribution in [0.5, 0.6) is 0 Å². The molecule has 0 N–H and O–H groups in total. The highest BCUT2D eigenvalue weighted by atomic mass is 16.2. The van der Waals surface area contributed by atoms with Crippen molar-refractivity contribution in [2.24, 2.45) is 0 Å². The molecule has 0 unspecified atom stereocenters. The first-order valence-electron chi connectivity index (χ1n) is 10.5. The van der Waals surface area contributed by atoms with Gasteiger partial charge in [0, 0.05) is 17.5 Å². The summed E-state index contributed by atoms with van der Waals surface area (Å²) in [6, 6.07) is 8.11. The highest BCUT2D eigenvalue weighted by molar-refractivity contribution is 5.81. The molecule has 0 aliphatic heterocycles. The highest BCUT2D eigenvalue weighted by Crippen LogP contribution is 2.30. The summed E-state index contributed by atoms with van der Waals surface area (Å²) in [7, 11) is 0. The molecular formula is C22H29N3O2. The Balaban J connectivity index is 1.59. The number of benzene rings is 1. The molecule has 0 saturated heterocycles. The maximum Gasteiger partial charge on any atom is 0.275 e. The first-order valence-corrected chi connectivity index (χ1v) is 10.5. The first kappa shape index (κ1) is 18.2. The van der Waals surface area contributed by atoms with Crippen LogP contribution < -0.4 is 5.56 Å². The Labute approximate surface area is 160 Å². The van der Waals surface area contributed by atoms with Gasteiger partial charge < -0.3 is 4.90 Å². The van der Waals surface area contributed by atoms with Crippen molar-refractivity contribution in [1.82, 2.24) is 14.7 Å². The summed E-state index contributed by atoms with van der Waals surface area (Å²) < 4.78 is 1.35. The Kier molecular flexibility index (Phi) is 5.55. The van der Waals surface area contributed by atoms with Crippen LogP contribution in [0.4, 0.5) is 0 Å². The monoisotopic (exact) mass is 367 g/mol. The summed E-state index contributed by atoms with van der Waals surface area (Å²) >= 11 is 0. The van der Waals surface area contributed by atoms with Crippen LogP contribution in [-0.2, 0) is 11.3 Å². The number of hydrogen-bond donors (Lipinski definition) is 0. The third-order valence-electron chi connectivity index (χ3n) is 6.27. The van der Waals surface area contributed by atoms with E-state index in [4.69, 9.17) is 0 Å². The molecule has 2 saturated carbocycles. The second kappa shape index (κ2) is 8.24. The van der Waals surface area contributed by atoms with E-state index >= 15 is 0 Å². The SMILES string of the molecule is O=C(Cn1ncc2ccccc2c1=O)N(C1CCCCC1)C1CCCCC1. The Morgan fingerprint density at radius 3 is 2.19 bits per heavy atom. The molecule has 1 aromatic heterocycles. The highest BCUT2D eigenvalue weighted by Gasteiger charge is 2.32. The third kappa shape index (κ3) is 3.92. The largest absolute Gasteiger partial charge is 0.335 e. The van der Waals surface area contributed by atoms with Crippen LogP contribution in [-0.4, -0.2) is 32.7 Å². The molecule has 2 aliphatic rings. The van der Waals surface area contributed by atoms with Crippen molar-refractivity contribution in [3.8, 4) is 0 Å². The molecule has 1 heterocycles. The maximum atomic E-state index is 13.3. The Morgan fingerprint density at radius 2 is 1.56 bits per heavy atom. The third-order valence-corrected chi connectivity index (χ3v) is 6.27. The van der Waals surface area contributed by atoms with Crippen molar-refractivity contribution >= 4 is 16.7 Å². The summed E-state index contributed by atoms with van der Waals surface area (Å²) in [6.45, 7) is 0.0522. The molecule has 0 spiro atoms. The van der Waals surface area contributed by atoms with Crippen LogP contribution >= 0.6 is 0 Å². The molecule has 1 aromatic carbocycles. The molecule has 0 radical (unpaired) electrons. The Hall–Kier alpha value is -2.17. The van der Waals surface area contributed by atoms with Crippen molar-refractivity contribution in [1.29, 1.82) is 0 Å². The lowest BCUT2D eigenvalue weighted by molar-refractivity contribution is -0.139. The van der Waals surface area contributed by atoms with Crippen molar-refractivity contribution in [2.75, 3.05) is 0 Å². The van der Waals surface area contributed by atoms with Crippen molar-refractivity contribution in [2.45, 2.75) is 82.8 Å². The lowest BCUT2D eigenvalue weighted by atomic mass is 9.88. The summed E-state index contributed by atoms with van der Waals surface area (Å²) in [4.78, 5) is 28.2. The lowest BCUT2D eigenvalue weighted by Crippen LogP contribution is -2.50. The minimum Gasteiger partial charge on any atom is -0.335 e. The summed E-state index contributed by atoms with van der Waals surface area (Å²) in [5, 5.41) is 5.72. The molecule has 0 atom stereocenters. The smallest absolute Gasteiger partial charge is 0.275 e. The number of nitrogens with zero attached hydrogens (tertiary/aromatic N) is 3. The van der Waals surface area contributed by atoms with Crippen LogP contribution in [0, 0.1) is 0 Å². The average molecular weight is 367 g/mol. The van der Waals surface area contributed by atoms with Crippen molar-refractivity contribution in [3.63, 3.8) is 0 Å². The topological polar surface area (TPSA) is 55.2 Å². The van der Waals surface area contributed by atoms with Gasteiger partial charge in [0.15, 0.2) is 0 Å². The van der Waals surface area contributed by atoms with E-state index in [-0.39, 0.29) is 18.0 Å². The molecule has 27 heavy (non-hydrogen) atoms. The van der Waals surface area contributed by atoms with Gasteiger partial charge >= 0.3 is 0 Å². The summed E-state index contributed by atoms with van der Waals surface area (Å²) in [5.74, 6) is 0.0682. The average Bonchev–Trinajstić information content (AvgIpc) is 2.72. The zero-order chi connectivity index (χ0) is 18.6. The van der Waals surface area contributed by atoms with Gasteiger partial charge in [-0.1, -0.05) is 56.7 Å². The van der Waals surface area contributed by atoms with E-state index in [2.05, 4.69) is 10.00 Å². The fraction of sp³-hybridized carbons (Fsp3) is 0.591. The Morgan fingerprint density at radius 1 is 0.963 bits per heavy atom. The lowest BCUT2D eigenvalue weighted by Gasteiger charge is -2.41. The zero-order valence-corrected chi connectivity index (χ0v) is 16.0. The van der Waals surface area contributed by atoms with Crippen LogP contribution in [0.3, 0.4) is 0 Å². The number of hydrogen-bond acceptors (Lipinski definition) is 3. The van der Waals surface area contributed by atoms with E-state index < -0.39 is 0 Å². The molecule has 5 heteroatoms. The van der Waals surface area contributed by atoms with E-state index in [1.54, 1.807) is 12.3 Å². The summed E-state index contributed by atoms with van der Waals surface area (Å²) in [5.41, 5.74) is -0.173. The van der Waals surface area contributed by atoms with Crippen molar-refractivity contribution in [3.05, 3.63) is 40.8 Å². The van der Waals surface area contributed by atoms with Crippen LogP contribution in [0.1, 0.15) is 64.2 Å². The minimum absolute atomic E-state index is 0.0522. The normalized spacial score (nSPS) is 19.3. The van der Waals surface area contributed by atoms with Gasteiger partial charge in [-0.2, -0.15) is 5.10 Å². The number of aromatic nitrogens is 2. The number of amides is 1. The van der Waals surface area contributed by atoms with E-state index in [9.17, 15) is 9.59 Å². The molecule has 0 bridgehead atoms. The fourth-order valence-corrected chi connectivity index (χ4v) is 4.87. The van der Waals surface area contributed by atoms with Gasteiger partial charge in [0.05, 0.1) is 11.6 Å². The maximum absolute atomic E-state index is 13.3. The second-order valence-electron chi connectivity index (χ2n) is 8.08. The number of rotatable bonds is 4. The quantitative estimate of drug-likeness (QED) is 0.824. The number of fused-ring (bicyclic) bond motifs is 1. The predicted molar refractivity (Wildman–Crippen MR) is 107 cm³/mol. The molecule has 5 nitrogen and oxygen atoms in total. The first-order chi connectivity index (χ1) is 13.2. The van der Waals surface area contributed by atoms with Gasteiger partial charge in [0.25, 0.3) is 5.56 Å². The second-order valence-corrected chi connectivity index (χ2v) is 8.08.